The van der Waals surface area contributed by atoms with Gasteiger partial charge in [0, 0.05) is 53.1 Å². The summed E-state index contributed by atoms with van der Waals surface area (Å²) < 4.78 is 0. The Morgan fingerprint density at radius 1 is 0.909 bits per heavy atom. The number of pyridine rings is 3. The molecule has 0 atom stereocenters. The predicted molar refractivity (Wildman–Crippen MR) is 87.6 cm³/mol. The zero-order valence-electron chi connectivity index (χ0n) is 11.5. The summed E-state index contributed by atoms with van der Waals surface area (Å²) in [5.41, 5.74) is 4.97. The lowest BCUT2D eigenvalue weighted by atomic mass is 10.0. The second-order valence-corrected chi connectivity index (χ2v) is 5.32. The van der Waals surface area contributed by atoms with E-state index in [4.69, 9.17) is 11.6 Å². The molecule has 0 aliphatic rings. The molecule has 0 bridgehead atoms. The minimum Gasteiger partial charge on any atom is -0.346 e. The highest BCUT2D eigenvalue weighted by Crippen LogP contribution is 2.31. The van der Waals surface area contributed by atoms with Crippen molar-refractivity contribution in [1.82, 2.24) is 19.9 Å². The number of hydrogen-bond acceptors (Lipinski definition) is 3. The first-order valence-corrected chi connectivity index (χ1v) is 7.18. The number of hydrogen-bond donors (Lipinski definition) is 1. The summed E-state index contributed by atoms with van der Waals surface area (Å²) in [6.07, 6.45) is 9.08. The molecule has 5 heteroatoms. The smallest absolute Gasteiger partial charge is 0.137 e. The molecular formula is C17H11ClN4. The maximum atomic E-state index is 5.99. The number of H-pyrrole nitrogens is 1. The topological polar surface area (TPSA) is 54.5 Å². The molecule has 0 aliphatic heterocycles. The van der Waals surface area contributed by atoms with Gasteiger partial charge in [-0.1, -0.05) is 17.7 Å². The SMILES string of the molecule is Clc1cc(-c2c[nH]c3ncc(-c4cccnc4)cc23)ccn1. The number of halogens is 1. The molecule has 1 N–H and O–H groups in total. The standard InChI is InChI=1S/C17H11ClN4/c18-16-7-11(3-5-20-16)15-10-22-17-14(15)6-13(9-21-17)12-2-1-4-19-8-12/h1-10H,(H,21,22). The molecule has 4 nitrogen and oxygen atoms in total. The molecule has 0 amide bonds. The summed E-state index contributed by atoms with van der Waals surface area (Å²) >= 11 is 5.99. The Bertz CT molecular complexity index is 947. The molecule has 22 heavy (non-hydrogen) atoms. The van der Waals surface area contributed by atoms with E-state index in [1.807, 2.05) is 42.9 Å². The lowest BCUT2D eigenvalue weighted by Crippen LogP contribution is -1.84. The van der Waals surface area contributed by atoms with Gasteiger partial charge in [-0.25, -0.2) is 9.97 Å². The van der Waals surface area contributed by atoms with Crippen molar-refractivity contribution >= 4 is 22.6 Å². The van der Waals surface area contributed by atoms with Crippen LogP contribution in [0.3, 0.4) is 0 Å². The molecule has 0 radical (unpaired) electrons. The van der Waals surface area contributed by atoms with Crippen LogP contribution in [-0.4, -0.2) is 19.9 Å². The number of nitrogens with zero attached hydrogens (tertiary/aromatic N) is 3. The normalized spacial score (nSPS) is 11.0. The van der Waals surface area contributed by atoms with Crippen LogP contribution in [0.4, 0.5) is 0 Å². The molecule has 0 aromatic carbocycles. The highest BCUT2D eigenvalue weighted by Gasteiger charge is 2.09. The maximum absolute atomic E-state index is 5.99. The number of rotatable bonds is 2. The molecule has 0 spiro atoms. The lowest BCUT2D eigenvalue weighted by molar-refractivity contribution is 1.30. The van der Waals surface area contributed by atoms with Crippen molar-refractivity contribution in [3.63, 3.8) is 0 Å². The molecule has 0 fully saturated rings. The third-order valence-corrected chi connectivity index (χ3v) is 3.77. The first-order valence-electron chi connectivity index (χ1n) is 6.81. The number of aromatic nitrogens is 4. The molecule has 0 saturated heterocycles. The van der Waals surface area contributed by atoms with Gasteiger partial charge >= 0.3 is 0 Å². The zero-order valence-corrected chi connectivity index (χ0v) is 12.2. The first-order chi connectivity index (χ1) is 10.8. The Morgan fingerprint density at radius 3 is 2.68 bits per heavy atom. The number of fused-ring (bicyclic) bond motifs is 1. The van der Waals surface area contributed by atoms with Gasteiger partial charge in [-0.15, -0.1) is 0 Å². The van der Waals surface area contributed by atoms with Crippen molar-refractivity contribution in [2.45, 2.75) is 0 Å². The van der Waals surface area contributed by atoms with E-state index in [9.17, 15) is 0 Å². The third kappa shape index (κ3) is 2.23. The molecule has 106 valence electrons. The Labute approximate surface area is 131 Å². The van der Waals surface area contributed by atoms with E-state index in [2.05, 4.69) is 26.0 Å². The fourth-order valence-corrected chi connectivity index (χ4v) is 2.68. The zero-order chi connectivity index (χ0) is 14.9. The average molecular weight is 307 g/mol. The van der Waals surface area contributed by atoms with E-state index in [1.54, 1.807) is 12.4 Å². The quantitative estimate of drug-likeness (QED) is 0.560. The van der Waals surface area contributed by atoms with Crippen LogP contribution in [0.25, 0.3) is 33.3 Å². The minimum atomic E-state index is 0.475. The monoisotopic (exact) mass is 306 g/mol. The highest BCUT2D eigenvalue weighted by atomic mass is 35.5. The van der Waals surface area contributed by atoms with Crippen LogP contribution in [0.15, 0.2) is 61.3 Å². The Kier molecular flexibility index (Phi) is 3.09. The van der Waals surface area contributed by atoms with Crippen molar-refractivity contribution in [3.05, 3.63) is 66.5 Å². The predicted octanol–water partition coefficient (Wildman–Crippen LogP) is 4.34. The minimum absolute atomic E-state index is 0.475. The van der Waals surface area contributed by atoms with Gasteiger partial charge in [0.1, 0.15) is 10.8 Å². The van der Waals surface area contributed by atoms with Gasteiger partial charge in [0.25, 0.3) is 0 Å². The summed E-state index contributed by atoms with van der Waals surface area (Å²) in [6, 6.07) is 9.83. The van der Waals surface area contributed by atoms with Crippen LogP contribution < -0.4 is 0 Å². The van der Waals surface area contributed by atoms with E-state index < -0.39 is 0 Å². The highest BCUT2D eigenvalue weighted by molar-refractivity contribution is 6.29. The maximum Gasteiger partial charge on any atom is 0.137 e. The van der Waals surface area contributed by atoms with Crippen LogP contribution in [0, 0.1) is 0 Å². The van der Waals surface area contributed by atoms with Crippen LogP contribution in [0.2, 0.25) is 5.15 Å². The van der Waals surface area contributed by atoms with Gasteiger partial charge in [0.15, 0.2) is 0 Å². The summed E-state index contributed by atoms with van der Waals surface area (Å²) in [5, 5.41) is 1.52. The fourth-order valence-electron chi connectivity index (χ4n) is 2.50. The van der Waals surface area contributed by atoms with Gasteiger partial charge in [0.05, 0.1) is 0 Å². The van der Waals surface area contributed by atoms with E-state index in [-0.39, 0.29) is 0 Å². The molecular weight excluding hydrogens is 296 g/mol. The van der Waals surface area contributed by atoms with Crippen LogP contribution in [0.5, 0.6) is 0 Å². The van der Waals surface area contributed by atoms with Crippen molar-refractivity contribution in [2.24, 2.45) is 0 Å². The van der Waals surface area contributed by atoms with Gasteiger partial charge in [-0.3, -0.25) is 4.98 Å². The molecule has 0 unspecified atom stereocenters. The van der Waals surface area contributed by atoms with Gasteiger partial charge in [-0.2, -0.15) is 0 Å². The van der Waals surface area contributed by atoms with Crippen LogP contribution in [0.1, 0.15) is 0 Å². The lowest BCUT2D eigenvalue weighted by Gasteiger charge is -2.03. The van der Waals surface area contributed by atoms with Gasteiger partial charge < -0.3 is 4.98 Å². The summed E-state index contributed by atoms with van der Waals surface area (Å²) in [4.78, 5) is 15.9. The molecule has 4 aromatic heterocycles. The second kappa shape index (κ2) is 5.24. The van der Waals surface area contributed by atoms with Crippen molar-refractivity contribution in [3.8, 4) is 22.3 Å². The van der Waals surface area contributed by atoms with Crippen molar-refractivity contribution < 1.29 is 0 Å². The van der Waals surface area contributed by atoms with E-state index in [0.717, 1.165) is 33.3 Å². The summed E-state index contributed by atoms with van der Waals surface area (Å²) in [5.74, 6) is 0. The van der Waals surface area contributed by atoms with Gasteiger partial charge in [0.2, 0.25) is 0 Å². The van der Waals surface area contributed by atoms with Gasteiger partial charge in [-0.05, 0) is 29.8 Å². The molecule has 4 aromatic rings. The molecule has 0 aliphatic carbocycles. The number of aromatic amines is 1. The first kappa shape index (κ1) is 13.0. The molecule has 4 rings (SSSR count). The summed E-state index contributed by atoms with van der Waals surface area (Å²) in [7, 11) is 0. The number of nitrogens with one attached hydrogen (secondary N) is 1. The van der Waals surface area contributed by atoms with E-state index >= 15 is 0 Å². The Morgan fingerprint density at radius 2 is 1.86 bits per heavy atom. The van der Waals surface area contributed by atoms with E-state index in [1.165, 1.54) is 0 Å². The van der Waals surface area contributed by atoms with Crippen LogP contribution in [-0.2, 0) is 0 Å². The van der Waals surface area contributed by atoms with Crippen molar-refractivity contribution in [1.29, 1.82) is 0 Å². The third-order valence-electron chi connectivity index (χ3n) is 3.56. The fraction of sp³-hybridized carbons (Fsp3) is 0. The summed E-state index contributed by atoms with van der Waals surface area (Å²) in [6.45, 7) is 0. The van der Waals surface area contributed by atoms with E-state index in [0.29, 0.717) is 5.15 Å². The Hall–Kier alpha value is -2.72. The van der Waals surface area contributed by atoms with Crippen molar-refractivity contribution in [2.75, 3.05) is 0 Å². The molecule has 4 heterocycles. The molecule has 0 saturated carbocycles. The van der Waals surface area contributed by atoms with Crippen LogP contribution >= 0.6 is 11.6 Å². The Balaban J connectivity index is 1.91. The largest absolute Gasteiger partial charge is 0.346 e. The average Bonchev–Trinajstić information content (AvgIpc) is 2.99. The second-order valence-electron chi connectivity index (χ2n) is 4.93.